The van der Waals surface area contributed by atoms with E-state index in [-0.39, 0.29) is 5.54 Å². The maximum Gasteiger partial charge on any atom is 0.0366 e. The predicted octanol–water partition coefficient (Wildman–Crippen LogP) is 3.81. The van der Waals surface area contributed by atoms with E-state index in [1.54, 1.807) is 0 Å². The lowest BCUT2D eigenvalue weighted by molar-refractivity contribution is 0.421. The number of hydrogen-bond acceptors (Lipinski definition) is 2. The Hall–Kier alpha value is -1.02. The normalized spacial score (nSPS) is 14.2. The van der Waals surface area contributed by atoms with Gasteiger partial charge in [0.25, 0.3) is 0 Å². The summed E-state index contributed by atoms with van der Waals surface area (Å²) in [6, 6.07) is 10.6. The summed E-state index contributed by atoms with van der Waals surface area (Å²) >= 11 is 0. The zero-order valence-corrected chi connectivity index (χ0v) is 12.2. The summed E-state index contributed by atoms with van der Waals surface area (Å²) in [5.74, 6) is 0. The minimum Gasteiger partial charge on any atom is -0.370 e. The zero-order chi connectivity index (χ0) is 13.4. The van der Waals surface area contributed by atoms with Crippen LogP contribution in [0.15, 0.2) is 30.3 Å². The first-order valence-electron chi connectivity index (χ1n) is 7.18. The van der Waals surface area contributed by atoms with E-state index in [1.165, 1.54) is 18.5 Å². The molecule has 0 heterocycles. The van der Waals surface area contributed by atoms with E-state index in [1.807, 2.05) is 0 Å². The second kappa shape index (κ2) is 7.42. The van der Waals surface area contributed by atoms with E-state index in [0.29, 0.717) is 0 Å². The summed E-state index contributed by atoms with van der Waals surface area (Å²) in [7, 11) is 0. The number of para-hydroxylation sites is 1. The molecular formula is C16H28N2. The molecule has 0 aliphatic carbocycles. The van der Waals surface area contributed by atoms with Crippen LogP contribution in [0.4, 0.5) is 5.69 Å². The fraction of sp³-hybridized carbons (Fsp3) is 0.625. The van der Waals surface area contributed by atoms with Crippen LogP contribution in [-0.4, -0.2) is 18.6 Å². The smallest absolute Gasteiger partial charge is 0.0366 e. The first-order chi connectivity index (χ1) is 8.59. The van der Waals surface area contributed by atoms with Gasteiger partial charge in [0, 0.05) is 24.3 Å². The molecule has 0 bridgehead atoms. The quantitative estimate of drug-likeness (QED) is 0.758. The van der Waals surface area contributed by atoms with E-state index in [4.69, 9.17) is 5.73 Å². The molecule has 0 saturated heterocycles. The van der Waals surface area contributed by atoms with Crippen molar-refractivity contribution in [3.8, 4) is 0 Å². The number of unbranched alkanes of at least 4 members (excludes halogenated alkanes) is 1. The molecule has 102 valence electrons. The molecule has 1 aromatic carbocycles. The van der Waals surface area contributed by atoms with Crippen molar-refractivity contribution in [1.29, 1.82) is 0 Å². The van der Waals surface area contributed by atoms with Crippen molar-refractivity contribution in [3.05, 3.63) is 30.3 Å². The molecule has 0 spiro atoms. The second-order valence-electron chi connectivity index (χ2n) is 5.51. The summed E-state index contributed by atoms with van der Waals surface area (Å²) in [6.45, 7) is 8.63. The minimum atomic E-state index is -0.0989. The third kappa shape index (κ3) is 5.09. The van der Waals surface area contributed by atoms with E-state index in [0.717, 1.165) is 25.9 Å². The summed E-state index contributed by atoms with van der Waals surface area (Å²) in [4.78, 5) is 2.43. The van der Waals surface area contributed by atoms with Crippen LogP contribution < -0.4 is 10.6 Å². The number of anilines is 1. The van der Waals surface area contributed by atoms with Crippen molar-refractivity contribution < 1.29 is 0 Å². The predicted molar refractivity (Wildman–Crippen MR) is 81.1 cm³/mol. The Morgan fingerprint density at radius 3 is 2.33 bits per heavy atom. The SMILES string of the molecule is CCCCN(CC(C)(N)CCC)c1ccccc1. The van der Waals surface area contributed by atoms with Gasteiger partial charge in [-0.15, -0.1) is 0 Å². The zero-order valence-electron chi connectivity index (χ0n) is 12.2. The minimum absolute atomic E-state index is 0.0989. The van der Waals surface area contributed by atoms with Gasteiger partial charge in [-0.05, 0) is 31.9 Å². The van der Waals surface area contributed by atoms with Crippen molar-refractivity contribution in [1.82, 2.24) is 0 Å². The molecule has 1 atom stereocenters. The average Bonchev–Trinajstić information content (AvgIpc) is 2.35. The molecule has 0 fully saturated rings. The van der Waals surface area contributed by atoms with Gasteiger partial charge in [0.2, 0.25) is 0 Å². The van der Waals surface area contributed by atoms with Gasteiger partial charge < -0.3 is 10.6 Å². The van der Waals surface area contributed by atoms with Crippen molar-refractivity contribution in [3.63, 3.8) is 0 Å². The Kier molecular flexibility index (Phi) is 6.20. The van der Waals surface area contributed by atoms with Gasteiger partial charge in [-0.2, -0.15) is 0 Å². The van der Waals surface area contributed by atoms with Crippen LogP contribution >= 0.6 is 0 Å². The van der Waals surface area contributed by atoms with Gasteiger partial charge in [0.15, 0.2) is 0 Å². The number of hydrogen-bond donors (Lipinski definition) is 1. The Morgan fingerprint density at radius 2 is 1.78 bits per heavy atom. The molecule has 0 amide bonds. The molecule has 0 radical (unpaired) electrons. The van der Waals surface area contributed by atoms with Gasteiger partial charge in [0.1, 0.15) is 0 Å². The molecule has 2 nitrogen and oxygen atoms in total. The lowest BCUT2D eigenvalue weighted by atomic mass is 9.96. The Balaban J connectivity index is 2.73. The number of nitrogens with two attached hydrogens (primary N) is 1. The summed E-state index contributed by atoms with van der Waals surface area (Å²) in [6.07, 6.45) is 4.65. The van der Waals surface area contributed by atoms with Gasteiger partial charge in [-0.25, -0.2) is 0 Å². The molecule has 0 aliphatic rings. The van der Waals surface area contributed by atoms with Crippen LogP contribution in [0.3, 0.4) is 0 Å². The summed E-state index contributed by atoms with van der Waals surface area (Å²) in [5, 5.41) is 0. The molecule has 1 aromatic rings. The lowest BCUT2D eigenvalue weighted by Gasteiger charge is -2.34. The highest BCUT2D eigenvalue weighted by molar-refractivity contribution is 5.46. The van der Waals surface area contributed by atoms with E-state index >= 15 is 0 Å². The van der Waals surface area contributed by atoms with E-state index in [9.17, 15) is 0 Å². The highest BCUT2D eigenvalue weighted by Crippen LogP contribution is 2.19. The first kappa shape index (κ1) is 15.0. The average molecular weight is 248 g/mol. The summed E-state index contributed by atoms with van der Waals surface area (Å²) in [5.41, 5.74) is 7.59. The topological polar surface area (TPSA) is 29.3 Å². The van der Waals surface area contributed by atoms with Crippen molar-refractivity contribution in [2.45, 2.75) is 52.0 Å². The standard InChI is InChI=1S/C16H28N2/c1-4-6-13-18(14-16(3,17)12-5-2)15-10-8-7-9-11-15/h7-11H,4-6,12-14,17H2,1-3H3. The highest BCUT2D eigenvalue weighted by atomic mass is 15.1. The van der Waals surface area contributed by atoms with E-state index in [2.05, 4.69) is 56.0 Å². The largest absolute Gasteiger partial charge is 0.370 e. The van der Waals surface area contributed by atoms with Gasteiger partial charge in [0.05, 0.1) is 0 Å². The maximum atomic E-state index is 6.40. The Morgan fingerprint density at radius 1 is 1.11 bits per heavy atom. The van der Waals surface area contributed by atoms with Gasteiger partial charge >= 0.3 is 0 Å². The molecule has 0 aliphatic heterocycles. The fourth-order valence-electron chi connectivity index (χ4n) is 2.37. The second-order valence-corrected chi connectivity index (χ2v) is 5.51. The Labute approximate surface area is 112 Å². The van der Waals surface area contributed by atoms with Crippen LogP contribution in [0.2, 0.25) is 0 Å². The highest BCUT2D eigenvalue weighted by Gasteiger charge is 2.21. The molecular weight excluding hydrogens is 220 g/mol. The van der Waals surface area contributed by atoms with Crippen molar-refractivity contribution in [2.75, 3.05) is 18.0 Å². The lowest BCUT2D eigenvalue weighted by Crippen LogP contribution is -2.48. The van der Waals surface area contributed by atoms with Crippen LogP contribution in [0.1, 0.15) is 46.5 Å². The van der Waals surface area contributed by atoms with Gasteiger partial charge in [-0.1, -0.05) is 44.9 Å². The van der Waals surface area contributed by atoms with Crippen molar-refractivity contribution in [2.24, 2.45) is 5.73 Å². The Bertz CT molecular complexity index is 319. The molecule has 18 heavy (non-hydrogen) atoms. The number of nitrogens with zero attached hydrogens (tertiary/aromatic N) is 1. The van der Waals surface area contributed by atoms with Crippen molar-refractivity contribution >= 4 is 5.69 Å². The molecule has 2 N–H and O–H groups in total. The van der Waals surface area contributed by atoms with Crippen LogP contribution in [0.25, 0.3) is 0 Å². The monoisotopic (exact) mass is 248 g/mol. The van der Waals surface area contributed by atoms with Gasteiger partial charge in [-0.3, -0.25) is 0 Å². The molecule has 0 saturated carbocycles. The number of benzene rings is 1. The maximum absolute atomic E-state index is 6.40. The van der Waals surface area contributed by atoms with Crippen LogP contribution in [-0.2, 0) is 0 Å². The molecule has 1 unspecified atom stereocenters. The molecule has 1 rings (SSSR count). The third-order valence-electron chi connectivity index (χ3n) is 3.28. The number of rotatable bonds is 8. The third-order valence-corrected chi connectivity index (χ3v) is 3.28. The molecule has 0 aromatic heterocycles. The first-order valence-corrected chi connectivity index (χ1v) is 7.18. The molecule has 2 heteroatoms. The van der Waals surface area contributed by atoms with E-state index < -0.39 is 0 Å². The van der Waals surface area contributed by atoms with Crippen LogP contribution in [0.5, 0.6) is 0 Å². The fourth-order valence-corrected chi connectivity index (χ4v) is 2.37. The summed E-state index contributed by atoms with van der Waals surface area (Å²) < 4.78 is 0. The van der Waals surface area contributed by atoms with Crippen LogP contribution in [0, 0.1) is 0 Å².